The topological polar surface area (TPSA) is 56.5 Å². The summed E-state index contributed by atoms with van der Waals surface area (Å²) >= 11 is 4.76. The zero-order valence-electron chi connectivity index (χ0n) is 9.75. The number of carbonyl (C=O) groups is 1. The molecule has 2 aromatic heterocycles. The van der Waals surface area contributed by atoms with Gasteiger partial charge in [-0.05, 0) is 39.9 Å². The molecule has 0 N–H and O–H groups in total. The average molecular weight is 328 g/mol. The van der Waals surface area contributed by atoms with Gasteiger partial charge in [0.15, 0.2) is 5.69 Å². The summed E-state index contributed by atoms with van der Waals surface area (Å²) < 4.78 is 2.10. The third-order valence-electron chi connectivity index (χ3n) is 2.18. The molecule has 0 unspecified atom stereocenters. The first-order chi connectivity index (χ1) is 8.58. The highest BCUT2D eigenvalue weighted by molar-refractivity contribution is 9.10. The van der Waals surface area contributed by atoms with E-state index >= 15 is 0 Å². The quantitative estimate of drug-likeness (QED) is 0.495. The third kappa shape index (κ3) is 2.85. The summed E-state index contributed by atoms with van der Waals surface area (Å²) in [5.41, 5.74) is 1.30. The maximum absolute atomic E-state index is 11.7. The molecule has 0 spiro atoms. The lowest BCUT2D eigenvalue weighted by atomic mass is 10.3. The van der Waals surface area contributed by atoms with Crippen LogP contribution in [-0.4, -0.2) is 22.0 Å². The van der Waals surface area contributed by atoms with Gasteiger partial charge in [-0.2, -0.15) is 5.10 Å². The van der Waals surface area contributed by atoms with E-state index in [2.05, 4.69) is 26.2 Å². The lowest BCUT2D eigenvalue weighted by molar-refractivity contribution is 0.0510. The maximum Gasteiger partial charge on any atom is 0.386 e. The molecule has 94 valence electrons. The lowest BCUT2D eigenvalue weighted by Gasteiger charge is -1.94. The van der Waals surface area contributed by atoms with Crippen molar-refractivity contribution in [3.8, 4) is 0 Å². The minimum absolute atomic E-state index is 0.206. The van der Waals surface area contributed by atoms with Crippen molar-refractivity contribution >= 4 is 39.5 Å². The van der Waals surface area contributed by atoms with Gasteiger partial charge in [0, 0.05) is 13.2 Å². The highest BCUT2D eigenvalue weighted by Gasteiger charge is 2.15. The number of thiophene rings is 1. The molecule has 2 aromatic rings. The molecular weight excluding hydrogens is 318 g/mol. The molecular formula is C11H10BrN3O2S. The van der Waals surface area contributed by atoms with Crippen LogP contribution in [0.3, 0.4) is 0 Å². The molecule has 0 saturated heterocycles. The summed E-state index contributed by atoms with van der Waals surface area (Å²) in [7, 11) is 1.72. The van der Waals surface area contributed by atoms with E-state index in [1.807, 2.05) is 18.4 Å². The second-order valence-corrected chi connectivity index (χ2v) is 5.38. The Morgan fingerprint density at radius 1 is 1.67 bits per heavy atom. The number of hydrogen-bond donors (Lipinski definition) is 0. The van der Waals surface area contributed by atoms with Gasteiger partial charge in [-0.1, -0.05) is 5.16 Å². The number of oxime groups is 1. The number of hydrogen-bond acceptors (Lipinski definition) is 5. The molecule has 2 rings (SSSR count). The van der Waals surface area contributed by atoms with Gasteiger partial charge in [-0.15, -0.1) is 11.3 Å². The normalized spacial score (nSPS) is 11.1. The summed E-state index contributed by atoms with van der Waals surface area (Å²) in [5, 5.41) is 9.59. The number of rotatable bonds is 3. The minimum atomic E-state index is -0.590. The standard InChI is InChI=1S/C11H10BrN3O2S/c1-7-3-4-18-9(7)5-13-17-11(16)10-8(12)6-15(2)14-10/h3-6H,1-2H3/b13-5+. The van der Waals surface area contributed by atoms with Gasteiger partial charge in [0.05, 0.1) is 15.6 Å². The number of aromatic nitrogens is 2. The largest absolute Gasteiger partial charge is 0.386 e. The first-order valence-corrected chi connectivity index (χ1v) is 6.73. The van der Waals surface area contributed by atoms with Gasteiger partial charge < -0.3 is 4.84 Å². The molecule has 0 bridgehead atoms. The van der Waals surface area contributed by atoms with E-state index < -0.39 is 5.97 Å². The van der Waals surface area contributed by atoms with Crippen LogP contribution in [0.25, 0.3) is 0 Å². The SMILES string of the molecule is Cc1ccsc1/C=N/OC(=O)c1nn(C)cc1Br. The average Bonchev–Trinajstić information content (AvgIpc) is 2.85. The van der Waals surface area contributed by atoms with Crippen molar-refractivity contribution in [1.29, 1.82) is 0 Å². The molecule has 0 saturated carbocycles. The van der Waals surface area contributed by atoms with Crippen LogP contribution in [-0.2, 0) is 11.9 Å². The summed E-state index contributed by atoms with van der Waals surface area (Å²) in [5.74, 6) is -0.590. The molecule has 0 atom stereocenters. The fourth-order valence-corrected chi connectivity index (χ4v) is 2.59. The Morgan fingerprint density at radius 3 is 3.00 bits per heavy atom. The predicted molar refractivity (Wildman–Crippen MR) is 73.0 cm³/mol. The summed E-state index contributed by atoms with van der Waals surface area (Å²) in [6.45, 7) is 1.97. The minimum Gasteiger partial charge on any atom is -0.311 e. The maximum atomic E-state index is 11.7. The van der Waals surface area contributed by atoms with E-state index in [-0.39, 0.29) is 5.69 Å². The molecule has 2 heterocycles. The van der Waals surface area contributed by atoms with Crippen LogP contribution in [0.15, 0.2) is 27.3 Å². The molecule has 5 nitrogen and oxygen atoms in total. The van der Waals surface area contributed by atoms with Crippen molar-refractivity contribution in [2.24, 2.45) is 12.2 Å². The third-order valence-corrected chi connectivity index (χ3v) is 3.72. The van der Waals surface area contributed by atoms with E-state index in [0.717, 1.165) is 10.4 Å². The molecule has 7 heteroatoms. The van der Waals surface area contributed by atoms with Gasteiger partial charge >= 0.3 is 5.97 Å². The van der Waals surface area contributed by atoms with Gasteiger partial charge in [0.1, 0.15) is 0 Å². The van der Waals surface area contributed by atoms with Crippen molar-refractivity contribution < 1.29 is 9.63 Å². The number of halogens is 1. The van der Waals surface area contributed by atoms with Crippen LogP contribution in [0.5, 0.6) is 0 Å². The fraction of sp³-hybridized carbons (Fsp3) is 0.182. The van der Waals surface area contributed by atoms with Crippen LogP contribution in [0.1, 0.15) is 20.9 Å². The van der Waals surface area contributed by atoms with Crippen molar-refractivity contribution in [2.45, 2.75) is 6.92 Å². The van der Waals surface area contributed by atoms with E-state index in [1.54, 1.807) is 13.2 Å². The highest BCUT2D eigenvalue weighted by atomic mass is 79.9. The highest BCUT2D eigenvalue weighted by Crippen LogP contribution is 2.16. The number of nitrogens with zero attached hydrogens (tertiary/aromatic N) is 3. The van der Waals surface area contributed by atoms with E-state index in [0.29, 0.717) is 4.47 Å². The molecule has 0 fully saturated rings. The first-order valence-electron chi connectivity index (χ1n) is 5.06. The number of carbonyl (C=O) groups excluding carboxylic acids is 1. The van der Waals surface area contributed by atoms with Crippen LogP contribution in [0, 0.1) is 6.92 Å². The van der Waals surface area contributed by atoms with Gasteiger partial charge in [0.2, 0.25) is 0 Å². The lowest BCUT2D eigenvalue weighted by Crippen LogP contribution is -2.03. The Hall–Kier alpha value is -1.47. The van der Waals surface area contributed by atoms with Crippen molar-refractivity contribution in [3.05, 3.63) is 38.3 Å². The Kier molecular flexibility index (Phi) is 3.93. The molecule has 18 heavy (non-hydrogen) atoms. The van der Waals surface area contributed by atoms with Crippen LogP contribution >= 0.6 is 27.3 Å². The van der Waals surface area contributed by atoms with Gasteiger partial charge in [-0.3, -0.25) is 4.68 Å². The Morgan fingerprint density at radius 2 is 2.44 bits per heavy atom. The summed E-state index contributed by atoms with van der Waals surface area (Å²) in [6.07, 6.45) is 3.19. The van der Waals surface area contributed by atoms with E-state index in [9.17, 15) is 4.79 Å². The molecule has 0 aliphatic heterocycles. The molecule has 0 aliphatic carbocycles. The fourth-order valence-electron chi connectivity index (χ4n) is 1.28. The first kappa shape index (κ1) is 13.0. The second-order valence-electron chi connectivity index (χ2n) is 3.58. The van der Waals surface area contributed by atoms with Gasteiger partial charge in [-0.25, -0.2) is 4.79 Å². The van der Waals surface area contributed by atoms with Crippen LogP contribution in [0.4, 0.5) is 0 Å². The Balaban J connectivity index is 2.03. The second kappa shape index (κ2) is 5.45. The van der Waals surface area contributed by atoms with Crippen molar-refractivity contribution in [2.75, 3.05) is 0 Å². The molecule has 0 amide bonds. The number of aryl methyl sites for hydroxylation is 2. The summed E-state index contributed by atoms with van der Waals surface area (Å²) in [4.78, 5) is 17.4. The van der Waals surface area contributed by atoms with Crippen molar-refractivity contribution in [1.82, 2.24) is 9.78 Å². The molecule has 0 radical (unpaired) electrons. The Labute approximate surface area is 116 Å². The zero-order valence-corrected chi connectivity index (χ0v) is 12.2. The van der Waals surface area contributed by atoms with Crippen LogP contribution < -0.4 is 0 Å². The van der Waals surface area contributed by atoms with Crippen LogP contribution in [0.2, 0.25) is 0 Å². The zero-order chi connectivity index (χ0) is 13.1. The molecule has 0 aliphatic rings. The Bertz CT molecular complexity index is 603. The predicted octanol–water partition coefficient (Wildman–Crippen LogP) is 2.74. The molecule has 0 aromatic carbocycles. The van der Waals surface area contributed by atoms with Gasteiger partial charge in [0.25, 0.3) is 0 Å². The monoisotopic (exact) mass is 327 g/mol. The smallest absolute Gasteiger partial charge is 0.311 e. The van der Waals surface area contributed by atoms with Crippen molar-refractivity contribution in [3.63, 3.8) is 0 Å². The van der Waals surface area contributed by atoms with E-state index in [4.69, 9.17) is 4.84 Å². The summed E-state index contributed by atoms with van der Waals surface area (Å²) in [6, 6.07) is 1.98. The van der Waals surface area contributed by atoms with E-state index in [1.165, 1.54) is 22.2 Å².